The summed E-state index contributed by atoms with van der Waals surface area (Å²) in [7, 11) is 2.91. The van der Waals surface area contributed by atoms with Crippen LogP contribution >= 0.6 is 0 Å². The second-order valence-electron chi connectivity index (χ2n) is 6.37. The summed E-state index contributed by atoms with van der Waals surface area (Å²) in [6.07, 6.45) is 0.553. The van der Waals surface area contributed by atoms with Crippen LogP contribution in [0.4, 0.5) is 0 Å². The zero-order valence-electron chi connectivity index (χ0n) is 14.6. The van der Waals surface area contributed by atoms with Crippen LogP contribution in [0.15, 0.2) is 42.5 Å². The van der Waals surface area contributed by atoms with E-state index in [9.17, 15) is 9.90 Å². The number of aromatic amines is 1. The van der Waals surface area contributed by atoms with E-state index in [2.05, 4.69) is 16.4 Å². The Hall–Kier alpha value is -2.99. The number of benzene rings is 2. The van der Waals surface area contributed by atoms with Crippen molar-refractivity contribution in [1.29, 1.82) is 0 Å². The molecule has 0 bridgehead atoms. The van der Waals surface area contributed by atoms with Crippen molar-refractivity contribution in [3.05, 3.63) is 59.3 Å². The lowest BCUT2D eigenvalue weighted by Gasteiger charge is -2.30. The van der Waals surface area contributed by atoms with E-state index < -0.39 is 6.04 Å². The number of methoxy groups -OCH3 is 2. The molecule has 1 aliphatic heterocycles. The number of carbonyl (C=O) groups excluding carboxylic acids is 1. The summed E-state index contributed by atoms with van der Waals surface area (Å²) < 4.78 is 10.2. The van der Waals surface area contributed by atoms with Crippen molar-refractivity contribution >= 4 is 16.9 Å². The molecule has 2 aromatic carbocycles. The Balaban J connectivity index is 1.87. The van der Waals surface area contributed by atoms with Crippen molar-refractivity contribution in [3.8, 4) is 11.5 Å². The monoisotopic (exact) mass is 352 g/mol. The van der Waals surface area contributed by atoms with Crippen molar-refractivity contribution in [3.63, 3.8) is 0 Å². The molecule has 6 heteroatoms. The first-order chi connectivity index (χ1) is 12.6. The van der Waals surface area contributed by atoms with Crippen LogP contribution in [0.1, 0.15) is 22.9 Å². The summed E-state index contributed by atoms with van der Waals surface area (Å²) >= 11 is 0. The Bertz CT molecular complexity index is 979. The van der Waals surface area contributed by atoms with Gasteiger partial charge >= 0.3 is 5.97 Å². The normalized spacial score (nSPS) is 19.2. The molecule has 0 saturated heterocycles. The summed E-state index contributed by atoms with van der Waals surface area (Å²) in [5, 5.41) is 14.4. The summed E-state index contributed by atoms with van der Waals surface area (Å²) in [4.78, 5) is 15.7. The highest BCUT2D eigenvalue weighted by molar-refractivity contribution is 5.87. The number of aromatic nitrogens is 1. The first-order valence-corrected chi connectivity index (χ1v) is 8.42. The molecule has 1 unspecified atom stereocenters. The van der Waals surface area contributed by atoms with Gasteiger partial charge < -0.3 is 19.6 Å². The number of H-pyrrole nitrogens is 1. The third kappa shape index (κ3) is 2.59. The number of ether oxygens (including phenoxy) is 2. The summed E-state index contributed by atoms with van der Waals surface area (Å²) in [6.45, 7) is 0. The molecule has 2 heterocycles. The summed E-state index contributed by atoms with van der Waals surface area (Å²) in [6, 6.07) is 12.6. The average molecular weight is 352 g/mol. The standard InChI is InChI=1S/C20H20N2O4/c1-25-17-9-11(7-8-16(17)23)18-19-13(10-15(22-18)20(24)26-2)12-5-3-4-6-14(12)21-19/h3-9,15,18,21-23H,10H2,1-2H3/t15-,18?/m1/s1. The quantitative estimate of drug-likeness (QED) is 0.631. The Morgan fingerprint density at radius 1 is 1.19 bits per heavy atom. The van der Waals surface area contributed by atoms with Crippen LogP contribution in [0, 0.1) is 0 Å². The van der Waals surface area contributed by atoms with Crippen LogP contribution in [0.5, 0.6) is 11.5 Å². The smallest absolute Gasteiger partial charge is 0.323 e. The van der Waals surface area contributed by atoms with Crippen LogP contribution in [0.2, 0.25) is 0 Å². The SMILES string of the molecule is COC(=O)[C@H]1Cc2c([nH]c3ccccc23)C(c2ccc(O)c(OC)c2)N1. The van der Waals surface area contributed by atoms with Gasteiger partial charge in [0.05, 0.1) is 20.3 Å². The fourth-order valence-corrected chi connectivity index (χ4v) is 3.67. The molecule has 0 spiro atoms. The largest absolute Gasteiger partial charge is 0.504 e. The molecule has 0 amide bonds. The van der Waals surface area contributed by atoms with Gasteiger partial charge in [0.2, 0.25) is 0 Å². The van der Waals surface area contributed by atoms with Crippen molar-refractivity contribution in [2.75, 3.05) is 14.2 Å². The number of para-hydroxylation sites is 1. The van der Waals surface area contributed by atoms with E-state index in [1.807, 2.05) is 24.3 Å². The zero-order chi connectivity index (χ0) is 18.3. The van der Waals surface area contributed by atoms with Gasteiger partial charge in [-0.25, -0.2) is 0 Å². The number of phenolic OH excluding ortho intramolecular Hbond substituents is 1. The lowest BCUT2D eigenvalue weighted by atomic mass is 9.90. The molecule has 4 rings (SSSR count). The van der Waals surface area contributed by atoms with Crippen molar-refractivity contribution in [2.24, 2.45) is 0 Å². The van der Waals surface area contributed by atoms with Crippen molar-refractivity contribution in [1.82, 2.24) is 10.3 Å². The number of nitrogens with one attached hydrogen (secondary N) is 2. The molecule has 26 heavy (non-hydrogen) atoms. The number of aromatic hydroxyl groups is 1. The minimum absolute atomic E-state index is 0.0773. The first-order valence-electron chi connectivity index (χ1n) is 8.42. The van der Waals surface area contributed by atoms with Gasteiger partial charge in [-0.05, 0) is 29.3 Å². The van der Waals surface area contributed by atoms with Crippen molar-refractivity contribution < 1.29 is 19.4 Å². The molecule has 1 aromatic heterocycles. The molecule has 3 N–H and O–H groups in total. The summed E-state index contributed by atoms with van der Waals surface area (Å²) in [5.74, 6) is 0.173. The minimum atomic E-state index is -0.448. The third-order valence-electron chi connectivity index (χ3n) is 4.93. The molecular formula is C20H20N2O4. The highest BCUT2D eigenvalue weighted by atomic mass is 16.5. The van der Waals surface area contributed by atoms with Crippen LogP contribution in [0.3, 0.4) is 0 Å². The number of phenols is 1. The number of hydrogen-bond donors (Lipinski definition) is 3. The molecule has 0 radical (unpaired) electrons. The highest BCUT2D eigenvalue weighted by Gasteiger charge is 2.34. The highest BCUT2D eigenvalue weighted by Crippen LogP contribution is 2.37. The zero-order valence-corrected chi connectivity index (χ0v) is 14.6. The fraction of sp³-hybridized carbons (Fsp3) is 0.250. The topological polar surface area (TPSA) is 83.6 Å². The maximum Gasteiger partial charge on any atom is 0.323 e. The molecule has 3 aromatic rings. The van der Waals surface area contributed by atoms with E-state index >= 15 is 0 Å². The molecule has 0 saturated carbocycles. The maximum atomic E-state index is 12.2. The maximum absolute atomic E-state index is 12.2. The van der Waals surface area contributed by atoms with Crippen LogP contribution in [0.25, 0.3) is 10.9 Å². The molecule has 1 aliphatic rings. The predicted molar refractivity (Wildman–Crippen MR) is 97.4 cm³/mol. The lowest BCUT2D eigenvalue weighted by Crippen LogP contribution is -2.45. The fourth-order valence-electron chi connectivity index (χ4n) is 3.67. The number of rotatable bonds is 3. The van der Waals surface area contributed by atoms with Gasteiger partial charge in [-0.1, -0.05) is 24.3 Å². The van der Waals surface area contributed by atoms with E-state index in [0.717, 1.165) is 27.7 Å². The van der Waals surface area contributed by atoms with Crippen molar-refractivity contribution in [2.45, 2.75) is 18.5 Å². The average Bonchev–Trinajstić information content (AvgIpc) is 3.05. The van der Waals surface area contributed by atoms with Gasteiger partial charge in [0.1, 0.15) is 6.04 Å². The van der Waals surface area contributed by atoms with Crippen LogP contribution in [-0.4, -0.2) is 36.3 Å². The third-order valence-corrected chi connectivity index (χ3v) is 4.93. The van der Waals surface area contributed by atoms with Gasteiger partial charge in [-0.15, -0.1) is 0 Å². The van der Waals surface area contributed by atoms with E-state index in [0.29, 0.717) is 12.2 Å². The molecule has 134 valence electrons. The second kappa shape index (κ2) is 6.38. The molecule has 6 nitrogen and oxygen atoms in total. The Labute approximate surface area is 150 Å². The van der Waals surface area contributed by atoms with E-state index in [4.69, 9.17) is 9.47 Å². The Morgan fingerprint density at radius 3 is 2.77 bits per heavy atom. The van der Waals surface area contributed by atoms with E-state index in [1.54, 1.807) is 12.1 Å². The minimum Gasteiger partial charge on any atom is -0.504 e. The molecule has 2 atom stereocenters. The van der Waals surface area contributed by atoms with Gasteiger partial charge in [0.15, 0.2) is 11.5 Å². The number of carbonyl (C=O) groups is 1. The number of hydrogen-bond acceptors (Lipinski definition) is 5. The Kier molecular flexibility index (Phi) is 4.05. The first kappa shape index (κ1) is 16.5. The molecule has 0 aliphatic carbocycles. The van der Waals surface area contributed by atoms with Crippen LogP contribution in [-0.2, 0) is 16.0 Å². The van der Waals surface area contributed by atoms with Gasteiger partial charge in [0, 0.05) is 23.0 Å². The number of fused-ring (bicyclic) bond motifs is 3. The molecular weight excluding hydrogens is 332 g/mol. The van der Waals surface area contributed by atoms with Gasteiger partial charge in [-0.2, -0.15) is 0 Å². The van der Waals surface area contributed by atoms with Crippen LogP contribution < -0.4 is 10.1 Å². The van der Waals surface area contributed by atoms with E-state index in [-0.39, 0.29) is 17.8 Å². The second-order valence-corrected chi connectivity index (χ2v) is 6.37. The lowest BCUT2D eigenvalue weighted by molar-refractivity contribution is -0.143. The van der Waals surface area contributed by atoms with Gasteiger partial charge in [-0.3, -0.25) is 10.1 Å². The summed E-state index contributed by atoms with van der Waals surface area (Å²) in [5.41, 5.74) is 4.03. The van der Waals surface area contributed by atoms with Gasteiger partial charge in [0.25, 0.3) is 0 Å². The molecule has 0 fully saturated rings. The Morgan fingerprint density at radius 2 is 2.00 bits per heavy atom. The predicted octanol–water partition coefficient (Wildman–Crippen LogP) is 2.66. The van der Waals surface area contributed by atoms with E-state index in [1.165, 1.54) is 14.2 Å². The number of esters is 1.